The number of aromatic amines is 1. The summed E-state index contributed by atoms with van der Waals surface area (Å²) < 4.78 is 7.59. The van der Waals surface area contributed by atoms with Gasteiger partial charge in [-0.15, -0.1) is 0 Å². The number of ether oxygens (including phenoxy) is 1. The van der Waals surface area contributed by atoms with Crippen LogP contribution in [0.2, 0.25) is 5.02 Å². The maximum absolute atomic E-state index is 6.12. The first-order valence-corrected chi connectivity index (χ1v) is 12.1. The largest absolute Gasteiger partial charge is 0.372 e. The van der Waals surface area contributed by atoms with E-state index in [2.05, 4.69) is 39.6 Å². The number of unbranched alkanes of at least 4 members (excludes halogenated alkanes) is 3. The van der Waals surface area contributed by atoms with Crippen molar-refractivity contribution < 1.29 is 4.74 Å². The summed E-state index contributed by atoms with van der Waals surface area (Å²) in [6.45, 7) is 10.6. The summed E-state index contributed by atoms with van der Waals surface area (Å²) in [6, 6.07) is 5.66. The van der Waals surface area contributed by atoms with Crippen molar-refractivity contribution in [3.63, 3.8) is 0 Å². The Hall–Kier alpha value is -2.44. The third kappa shape index (κ3) is 5.87. The van der Waals surface area contributed by atoms with E-state index in [4.69, 9.17) is 21.3 Å². The maximum Gasteiger partial charge on any atom is 0.135 e. The third-order valence-electron chi connectivity index (χ3n) is 5.25. The second-order valence-electron chi connectivity index (χ2n) is 7.64. The van der Waals surface area contributed by atoms with Crippen molar-refractivity contribution in [1.82, 2.24) is 24.5 Å². The highest BCUT2D eigenvalue weighted by Crippen LogP contribution is 2.25. The lowest BCUT2D eigenvalue weighted by Crippen LogP contribution is -2.15. The van der Waals surface area contributed by atoms with Gasteiger partial charge in [-0.2, -0.15) is 0 Å². The first-order chi connectivity index (χ1) is 15.7. The van der Waals surface area contributed by atoms with Gasteiger partial charge in [-0.1, -0.05) is 65.0 Å². The van der Waals surface area contributed by atoms with Crippen molar-refractivity contribution in [3.05, 3.63) is 53.0 Å². The number of H-pyrrole nitrogens is 1. The van der Waals surface area contributed by atoms with Gasteiger partial charge in [-0.3, -0.25) is 4.98 Å². The molecule has 32 heavy (non-hydrogen) atoms. The smallest absolute Gasteiger partial charge is 0.135 e. The number of fused-ring (bicyclic) bond motifs is 4. The lowest BCUT2D eigenvalue weighted by atomic mass is 10.2. The molecule has 1 aliphatic rings. The van der Waals surface area contributed by atoms with Gasteiger partial charge in [0, 0.05) is 29.6 Å². The summed E-state index contributed by atoms with van der Waals surface area (Å²) in [5.41, 5.74) is 3.68. The van der Waals surface area contributed by atoms with E-state index < -0.39 is 0 Å². The Labute approximate surface area is 195 Å². The molecule has 0 bridgehead atoms. The molecule has 1 aromatic carbocycles. The Morgan fingerprint density at radius 3 is 2.62 bits per heavy atom. The lowest BCUT2D eigenvalue weighted by molar-refractivity contribution is 0.0816. The van der Waals surface area contributed by atoms with E-state index in [-0.39, 0.29) is 0 Å². The van der Waals surface area contributed by atoms with Crippen molar-refractivity contribution in [2.45, 2.75) is 73.0 Å². The second-order valence-corrected chi connectivity index (χ2v) is 8.08. The van der Waals surface area contributed by atoms with Crippen LogP contribution in [0.5, 0.6) is 0 Å². The lowest BCUT2D eigenvalue weighted by Gasteiger charge is -2.13. The van der Waals surface area contributed by atoms with E-state index in [1.807, 2.05) is 38.2 Å². The molecule has 4 heterocycles. The SMILES string of the molecule is CC.CCCCCC.Clc1ccc2ncc3[nH]c(Cc4cn5c(n4)COCC5)nc3c2c1. The van der Waals surface area contributed by atoms with Gasteiger partial charge in [0.2, 0.25) is 0 Å². The first kappa shape index (κ1) is 24.2. The number of benzene rings is 1. The zero-order valence-corrected chi connectivity index (χ0v) is 20.4. The average molecular weight is 456 g/mol. The van der Waals surface area contributed by atoms with Crippen LogP contribution in [0.1, 0.15) is 70.7 Å². The molecule has 0 radical (unpaired) electrons. The van der Waals surface area contributed by atoms with Gasteiger partial charge in [-0.05, 0) is 18.2 Å². The number of aromatic nitrogens is 5. The van der Waals surface area contributed by atoms with Gasteiger partial charge in [-0.25, -0.2) is 9.97 Å². The molecule has 3 aromatic heterocycles. The molecule has 4 aromatic rings. The predicted molar refractivity (Wildman–Crippen MR) is 132 cm³/mol. The van der Waals surface area contributed by atoms with Crippen LogP contribution in [0.15, 0.2) is 30.6 Å². The van der Waals surface area contributed by atoms with E-state index in [1.165, 1.54) is 25.7 Å². The topological polar surface area (TPSA) is 68.6 Å². The second kappa shape index (κ2) is 12.0. The minimum atomic E-state index is 0.577. The Kier molecular flexibility index (Phi) is 9.06. The fourth-order valence-electron chi connectivity index (χ4n) is 3.67. The number of imidazole rings is 2. The molecule has 0 atom stereocenters. The molecule has 6 nitrogen and oxygen atoms in total. The zero-order valence-electron chi connectivity index (χ0n) is 19.6. The molecule has 7 heteroatoms. The Balaban J connectivity index is 0.000000317. The van der Waals surface area contributed by atoms with Crippen LogP contribution in [0.25, 0.3) is 21.9 Å². The van der Waals surface area contributed by atoms with E-state index in [0.29, 0.717) is 18.1 Å². The quantitative estimate of drug-likeness (QED) is 0.340. The highest BCUT2D eigenvalue weighted by atomic mass is 35.5. The number of halogens is 1. The Morgan fingerprint density at radius 2 is 1.91 bits per heavy atom. The predicted octanol–water partition coefficient (Wildman–Crippen LogP) is 6.69. The highest BCUT2D eigenvalue weighted by Gasteiger charge is 2.14. The first-order valence-electron chi connectivity index (χ1n) is 11.7. The van der Waals surface area contributed by atoms with Crippen LogP contribution in [-0.4, -0.2) is 31.1 Å². The molecule has 0 fully saturated rings. The maximum atomic E-state index is 6.12. The van der Waals surface area contributed by atoms with Crippen molar-refractivity contribution in [2.24, 2.45) is 0 Å². The summed E-state index contributed by atoms with van der Waals surface area (Å²) in [7, 11) is 0. The summed E-state index contributed by atoms with van der Waals surface area (Å²) in [5, 5.41) is 1.64. The minimum absolute atomic E-state index is 0.577. The van der Waals surface area contributed by atoms with E-state index in [9.17, 15) is 0 Å². The van der Waals surface area contributed by atoms with Gasteiger partial charge in [0.1, 0.15) is 18.3 Å². The standard InChI is InChI=1S/C17H14ClN5O.C6H14.C2H6/c18-10-1-2-13-12(5-10)17-14(7-19-13)21-15(22-17)6-11-8-23-3-4-24-9-16(23)20-11;1-3-5-6-4-2;1-2/h1-2,5,7-8H,3-4,6,9H2,(H,21,22);3-6H2,1-2H3;1-2H3. The monoisotopic (exact) mass is 455 g/mol. The number of hydrogen-bond acceptors (Lipinski definition) is 4. The third-order valence-corrected chi connectivity index (χ3v) is 5.48. The van der Waals surface area contributed by atoms with E-state index >= 15 is 0 Å². The summed E-state index contributed by atoms with van der Waals surface area (Å²) in [5.74, 6) is 1.85. The van der Waals surface area contributed by atoms with Gasteiger partial charge < -0.3 is 14.3 Å². The molecule has 172 valence electrons. The molecule has 5 rings (SSSR count). The molecule has 1 aliphatic heterocycles. The molecular weight excluding hydrogens is 422 g/mol. The van der Waals surface area contributed by atoms with Gasteiger partial charge in [0.25, 0.3) is 0 Å². The number of pyridine rings is 1. The molecule has 0 unspecified atom stereocenters. The van der Waals surface area contributed by atoms with E-state index in [1.54, 1.807) is 0 Å². The molecular formula is C25H34ClN5O. The summed E-state index contributed by atoms with van der Waals surface area (Å²) in [6.07, 6.45) is 10.1. The Bertz CT molecular complexity index is 1110. The van der Waals surface area contributed by atoms with Crippen LogP contribution in [0.4, 0.5) is 0 Å². The zero-order chi connectivity index (χ0) is 22.9. The molecule has 0 saturated carbocycles. The van der Waals surface area contributed by atoms with Crippen LogP contribution < -0.4 is 0 Å². The fourth-order valence-corrected chi connectivity index (χ4v) is 3.84. The van der Waals surface area contributed by atoms with Gasteiger partial charge in [0.05, 0.1) is 35.0 Å². The number of nitrogens with one attached hydrogen (secondary N) is 1. The summed E-state index contributed by atoms with van der Waals surface area (Å²) >= 11 is 6.12. The number of rotatable bonds is 5. The molecule has 0 saturated heterocycles. The Morgan fingerprint density at radius 1 is 1.12 bits per heavy atom. The van der Waals surface area contributed by atoms with Crippen LogP contribution >= 0.6 is 11.6 Å². The molecule has 1 N–H and O–H groups in total. The van der Waals surface area contributed by atoms with Gasteiger partial charge in [0.15, 0.2) is 0 Å². The van der Waals surface area contributed by atoms with Crippen LogP contribution in [0, 0.1) is 0 Å². The van der Waals surface area contributed by atoms with Crippen molar-refractivity contribution in [1.29, 1.82) is 0 Å². The molecule has 0 amide bonds. The average Bonchev–Trinajstić information content (AvgIpc) is 3.42. The van der Waals surface area contributed by atoms with Crippen molar-refractivity contribution >= 4 is 33.5 Å². The fraction of sp³-hybridized carbons (Fsp3) is 0.480. The number of nitrogens with zero attached hydrogens (tertiary/aromatic N) is 4. The van der Waals surface area contributed by atoms with Crippen molar-refractivity contribution in [3.8, 4) is 0 Å². The van der Waals surface area contributed by atoms with Crippen LogP contribution in [0.3, 0.4) is 0 Å². The highest BCUT2D eigenvalue weighted by molar-refractivity contribution is 6.31. The van der Waals surface area contributed by atoms with Crippen molar-refractivity contribution in [2.75, 3.05) is 6.61 Å². The van der Waals surface area contributed by atoms with Crippen LogP contribution in [-0.2, 0) is 24.3 Å². The molecule has 0 aliphatic carbocycles. The van der Waals surface area contributed by atoms with E-state index in [0.717, 1.165) is 52.4 Å². The molecule has 0 spiro atoms. The number of hydrogen-bond donors (Lipinski definition) is 1. The van der Waals surface area contributed by atoms with Gasteiger partial charge >= 0.3 is 0 Å². The normalized spacial score (nSPS) is 12.7. The minimum Gasteiger partial charge on any atom is -0.372 e. The summed E-state index contributed by atoms with van der Waals surface area (Å²) in [4.78, 5) is 17.2.